The van der Waals surface area contributed by atoms with Crippen LogP contribution in [0.1, 0.15) is 37.5 Å². The van der Waals surface area contributed by atoms with Crippen molar-refractivity contribution < 1.29 is 4.74 Å². The molecule has 4 aromatic rings. The fourth-order valence-corrected chi connectivity index (χ4v) is 4.63. The number of ether oxygens (including phenoxy) is 1. The van der Waals surface area contributed by atoms with E-state index >= 15 is 0 Å². The van der Waals surface area contributed by atoms with Crippen LogP contribution in [0.2, 0.25) is 5.02 Å². The number of hydrogen-bond acceptors (Lipinski definition) is 5. The number of nitrogens with zero attached hydrogens (tertiary/aromatic N) is 5. The lowest BCUT2D eigenvalue weighted by atomic mass is 10.1. The molecule has 2 aromatic heterocycles. The van der Waals surface area contributed by atoms with E-state index in [4.69, 9.17) is 21.3 Å². The molecule has 0 unspecified atom stereocenters. The molecule has 7 heteroatoms. The Kier molecular flexibility index (Phi) is 5.91. The van der Waals surface area contributed by atoms with Gasteiger partial charge < -0.3 is 9.30 Å². The predicted octanol–water partition coefficient (Wildman–Crippen LogP) is 5.30. The van der Waals surface area contributed by atoms with Gasteiger partial charge >= 0.3 is 0 Å². The van der Waals surface area contributed by atoms with E-state index in [1.54, 1.807) is 12.4 Å². The lowest BCUT2D eigenvalue weighted by Crippen LogP contribution is -2.39. The first-order chi connectivity index (χ1) is 15.6. The highest BCUT2D eigenvalue weighted by atomic mass is 35.5. The molecule has 164 valence electrons. The van der Waals surface area contributed by atoms with Crippen LogP contribution in [0.4, 0.5) is 0 Å². The smallest absolute Gasteiger partial charge is 0.124 e. The zero-order valence-electron chi connectivity index (χ0n) is 18.3. The number of imidazole rings is 1. The van der Waals surface area contributed by atoms with Gasteiger partial charge in [0.25, 0.3) is 0 Å². The zero-order valence-corrected chi connectivity index (χ0v) is 19.0. The lowest BCUT2D eigenvalue weighted by Gasteiger charge is -2.33. The van der Waals surface area contributed by atoms with Crippen molar-refractivity contribution >= 4 is 22.6 Å². The normalized spacial score (nSPS) is 17.3. The molecule has 1 aliphatic rings. The topological polar surface area (TPSA) is 56.1 Å². The largest absolute Gasteiger partial charge is 0.369 e. The fourth-order valence-electron chi connectivity index (χ4n) is 4.44. The summed E-state index contributed by atoms with van der Waals surface area (Å²) in [7, 11) is 0. The second-order valence-electron chi connectivity index (χ2n) is 8.38. The van der Waals surface area contributed by atoms with Crippen molar-refractivity contribution in [2.45, 2.75) is 32.5 Å². The van der Waals surface area contributed by atoms with E-state index in [-0.39, 0.29) is 6.10 Å². The molecule has 0 radical (unpaired) electrons. The van der Waals surface area contributed by atoms with Crippen LogP contribution in [-0.2, 0) is 11.3 Å². The minimum Gasteiger partial charge on any atom is -0.369 e. The molecule has 0 aliphatic carbocycles. The standard InChI is InChI=1S/C25H26ClN5O/c1-17(2)31-21-9-4-3-8-20(21)29-23(31)16-30-12-13-32-22(15-30)25-24(27-10-11-28-25)18-6-5-7-19(26)14-18/h3-11,14,17,22H,12-13,15-16H2,1-2H3/t22-/m0/s1. The Morgan fingerprint density at radius 2 is 1.94 bits per heavy atom. The van der Waals surface area contributed by atoms with Gasteiger partial charge in [-0.1, -0.05) is 35.9 Å². The maximum atomic E-state index is 6.22. The lowest BCUT2D eigenvalue weighted by molar-refractivity contribution is -0.0358. The Labute approximate surface area is 192 Å². The molecule has 1 aliphatic heterocycles. The van der Waals surface area contributed by atoms with Crippen molar-refractivity contribution in [2.24, 2.45) is 0 Å². The third kappa shape index (κ3) is 4.13. The molecular weight excluding hydrogens is 422 g/mol. The van der Waals surface area contributed by atoms with Crippen LogP contribution in [-0.4, -0.2) is 44.1 Å². The highest BCUT2D eigenvalue weighted by Crippen LogP contribution is 2.31. The molecule has 32 heavy (non-hydrogen) atoms. The Morgan fingerprint density at radius 3 is 2.78 bits per heavy atom. The van der Waals surface area contributed by atoms with Crippen molar-refractivity contribution in [1.82, 2.24) is 24.4 Å². The summed E-state index contributed by atoms with van der Waals surface area (Å²) in [6, 6.07) is 16.4. The first-order valence-electron chi connectivity index (χ1n) is 11.0. The summed E-state index contributed by atoms with van der Waals surface area (Å²) >= 11 is 6.22. The average molecular weight is 448 g/mol. The molecule has 6 nitrogen and oxygen atoms in total. The molecule has 2 aromatic carbocycles. The SMILES string of the molecule is CC(C)n1c(CN2CCO[C@H](c3nccnc3-c3cccc(Cl)c3)C2)nc2ccccc21. The molecular formula is C25H26ClN5O. The van der Waals surface area contributed by atoms with Gasteiger partial charge in [0.05, 0.1) is 35.6 Å². The number of hydrogen-bond donors (Lipinski definition) is 0. The van der Waals surface area contributed by atoms with E-state index in [0.29, 0.717) is 17.7 Å². The summed E-state index contributed by atoms with van der Waals surface area (Å²) in [6.45, 7) is 7.39. The zero-order chi connectivity index (χ0) is 22.1. The van der Waals surface area contributed by atoms with Crippen LogP contribution in [0.5, 0.6) is 0 Å². The number of aromatic nitrogens is 4. The summed E-state index contributed by atoms with van der Waals surface area (Å²) in [6.07, 6.45) is 3.28. The second kappa shape index (κ2) is 8.98. The molecule has 0 N–H and O–H groups in total. The van der Waals surface area contributed by atoms with Gasteiger partial charge in [-0.2, -0.15) is 0 Å². The van der Waals surface area contributed by atoms with E-state index in [0.717, 1.165) is 47.9 Å². The quantitative estimate of drug-likeness (QED) is 0.415. The fraction of sp³-hybridized carbons (Fsp3) is 0.320. The van der Waals surface area contributed by atoms with Gasteiger partial charge in [-0.05, 0) is 38.1 Å². The van der Waals surface area contributed by atoms with Gasteiger partial charge in [0.15, 0.2) is 0 Å². The maximum Gasteiger partial charge on any atom is 0.124 e. The summed E-state index contributed by atoms with van der Waals surface area (Å²) in [5.74, 6) is 1.08. The number of fused-ring (bicyclic) bond motifs is 1. The molecule has 1 saturated heterocycles. The molecule has 1 fully saturated rings. The number of halogens is 1. The monoisotopic (exact) mass is 447 g/mol. The van der Waals surface area contributed by atoms with E-state index < -0.39 is 0 Å². The van der Waals surface area contributed by atoms with Crippen molar-refractivity contribution in [3.05, 3.63) is 77.5 Å². The second-order valence-corrected chi connectivity index (χ2v) is 8.81. The Hall–Kier alpha value is -2.80. The van der Waals surface area contributed by atoms with Crippen LogP contribution in [0.3, 0.4) is 0 Å². The minimum absolute atomic E-state index is 0.164. The van der Waals surface area contributed by atoms with Gasteiger partial charge in [0.2, 0.25) is 0 Å². The van der Waals surface area contributed by atoms with Crippen LogP contribution < -0.4 is 0 Å². The maximum absolute atomic E-state index is 6.22. The van der Waals surface area contributed by atoms with E-state index in [1.165, 1.54) is 5.52 Å². The molecule has 5 rings (SSSR count). The van der Waals surface area contributed by atoms with Crippen molar-refractivity contribution in [2.75, 3.05) is 19.7 Å². The van der Waals surface area contributed by atoms with E-state index in [1.807, 2.05) is 30.3 Å². The molecule has 3 heterocycles. The number of rotatable bonds is 5. The molecule has 0 spiro atoms. The van der Waals surface area contributed by atoms with Gasteiger partial charge in [0.1, 0.15) is 11.9 Å². The van der Waals surface area contributed by atoms with Crippen LogP contribution in [0.25, 0.3) is 22.3 Å². The number of para-hydroxylation sites is 2. The summed E-state index contributed by atoms with van der Waals surface area (Å²) < 4.78 is 8.49. The van der Waals surface area contributed by atoms with Crippen molar-refractivity contribution in [3.8, 4) is 11.3 Å². The van der Waals surface area contributed by atoms with Gasteiger partial charge in [-0.3, -0.25) is 14.9 Å². The third-order valence-electron chi connectivity index (χ3n) is 5.83. The highest BCUT2D eigenvalue weighted by molar-refractivity contribution is 6.30. The Balaban J connectivity index is 1.42. The minimum atomic E-state index is -0.164. The van der Waals surface area contributed by atoms with E-state index in [9.17, 15) is 0 Å². The highest BCUT2D eigenvalue weighted by Gasteiger charge is 2.27. The summed E-state index contributed by atoms with van der Waals surface area (Å²) in [4.78, 5) is 16.6. The van der Waals surface area contributed by atoms with Gasteiger partial charge in [-0.25, -0.2) is 4.98 Å². The first-order valence-corrected chi connectivity index (χ1v) is 11.3. The van der Waals surface area contributed by atoms with Crippen molar-refractivity contribution in [1.29, 1.82) is 0 Å². The van der Waals surface area contributed by atoms with E-state index in [2.05, 4.69) is 51.5 Å². The van der Waals surface area contributed by atoms with Crippen LogP contribution in [0.15, 0.2) is 60.9 Å². The Bertz CT molecular complexity index is 1240. The van der Waals surface area contributed by atoms with Gasteiger partial charge in [-0.15, -0.1) is 0 Å². The predicted molar refractivity (Wildman–Crippen MR) is 127 cm³/mol. The number of morpholine rings is 1. The summed E-state index contributed by atoms with van der Waals surface area (Å²) in [5.41, 5.74) is 4.83. The molecule has 0 saturated carbocycles. The van der Waals surface area contributed by atoms with Gasteiger partial charge in [0, 0.05) is 42.1 Å². The van der Waals surface area contributed by atoms with Crippen LogP contribution in [0, 0.1) is 0 Å². The Morgan fingerprint density at radius 1 is 1.09 bits per heavy atom. The molecule has 1 atom stereocenters. The third-order valence-corrected chi connectivity index (χ3v) is 6.07. The first kappa shape index (κ1) is 21.1. The summed E-state index contributed by atoms with van der Waals surface area (Å²) in [5, 5.41) is 0.679. The van der Waals surface area contributed by atoms with Crippen molar-refractivity contribution in [3.63, 3.8) is 0 Å². The average Bonchev–Trinajstić information content (AvgIpc) is 3.17. The number of benzene rings is 2. The molecule has 0 bridgehead atoms. The van der Waals surface area contributed by atoms with Crippen LogP contribution >= 0.6 is 11.6 Å². The molecule has 0 amide bonds.